The molecule has 2 aromatic rings. The molecule has 1 aliphatic rings. The van der Waals surface area contributed by atoms with Crippen molar-refractivity contribution >= 4 is 40.4 Å². The number of benzene rings is 2. The second kappa shape index (κ2) is 5.54. The fourth-order valence-corrected chi connectivity index (χ4v) is 2.46. The maximum absolute atomic E-state index is 12.8. The largest absolute Gasteiger partial charge is 0.404 e. The standard InChI is InChI=1S/C16H13ClN4O/c17-10-6-7-13-14(8-10)21(11-4-2-1-3-5-11)16(22)12(9-18)15(19)20-13/h1-9H,18H2,(H2,19,20)/b12-9+. The van der Waals surface area contributed by atoms with E-state index in [-0.39, 0.29) is 17.3 Å². The number of anilines is 2. The molecule has 0 atom stereocenters. The molecule has 0 spiro atoms. The highest BCUT2D eigenvalue weighted by Gasteiger charge is 2.29. The van der Waals surface area contributed by atoms with Crippen LogP contribution in [0.15, 0.2) is 65.3 Å². The van der Waals surface area contributed by atoms with Gasteiger partial charge in [-0.1, -0.05) is 29.8 Å². The molecule has 1 amide bonds. The Kier molecular flexibility index (Phi) is 3.56. The monoisotopic (exact) mass is 312 g/mol. The number of fused-ring (bicyclic) bond motifs is 1. The number of carbonyl (C=O) groups is 1. The fourth-order valence-electron chi connectivity index (χ4n) is 2.29. The van der Waals surface area contributed by atoms with Crippen molar-refractivity contribution in [3.63, 3.8) is 0 Å². The number of hydrogen-bond donors (Lipinski definition) is 2. The molecule has 5 nitrogen and oxygen atoms in total. The van der Waals surface area contributed by atoms with E-state index in [4.69, 9.17) is 23.1 Å². The molecule has 0 aromatic heterocycles. The number of halogens is 1. The van der Waals surface area contributed by atoms with Gasteiger partial charge >= 0.3 is 0 Å². The molecule has 1 heterocycles. The minimum Gasteiger partial charge on any atom is -0.404 e. The number of nitrogens with zero attached hydrogens (tertiary/aromatic N) is 2. The Morgan fingerprint density at radius 3 is 2.55 bits per heavy atom. The molecule has 22 heavy (non-hydrogen) atoms. The third kappa shape index (κ3) is 2.31. The summed E-state index contributed by atoms with van der Waals surface area (Å²) in [6.07, 6.45) is 1.17. The Balaban J connectivity index is 2.29. The van der Waals surface area contributed by atoms with Gasteiger partial charge in [0.1, 0.15) is 5.84 Å². The lowest BCUT2D eigenvalue weighted by atomic mass is 10.1. The Morgan fingerprint density at radius 2 is 1.86 bits per heavy atom. The average Bonchev–Trinajstić information content (AvgIpc) is 2.61. The number of amides is 1. The van der Waals surface area contributed by atoms with E-state index in [0.717, 1.165) is 0 Å². The van der Waals surface area contributed by atoms with Crippen LogP contribution >= 0.6 is 11.6 Å². The normalized spacial score (nSPS) is 16.2. The van der Waals surface area contributed by atoms with Crippen LogP contribution in [0.5, 0.6) is 0 Å². The molecule has 2 aromatic carbocycles. The molecule has 110 valence electrons. The zero-order valence-corrected chi connectivity index (χ0v) is 12.3. The average molecular weight is 313 g/mol. The summed E-state index contributed by atoms with van der Waals surface area (Å²) < 4.78 is 0. The van der Waals surface area contributed by atoms with E-state index in [1.165, 1.54) is 11.1 Å². The minimum atomic E-state index is -0.351. The molecule has 0 saturated carbocycles. The maximum Gasteiger partial charge on any atom is 0.268 e. The van der Waals surface area contributed by atoms with Crippen LogP contribution in [-0.4, -0.2) is 11.7 Å². The third-order valence-corrected chi connectivity index (χ3v) is 3.54. The molecule has 3 rings (SSSR count). The second-order valence-corrected chi connectivity index (χ2v) is 5.12. The van der Waals surface area contributed by atoms with Gasteiger partial charge in [0.05, 0.1) is 16.9 Å². The summed E-state index contributed by atoms with van der Waals surface area (Å²) in [5.41, 5.74) is 13.4. The summed E-state index contributed by atoms with van der Waals surface area (Å²) in [5.74, 6) is -0.273. The van der Waals surface area contributed by atoms with Gasteiger partial charge in [0.2, 0.25) is 0 Å². The molecular formula is C16H13ClN4O. The number of rotatable bonds is 1. The lowest BCUT2D eigenvalue weighted by Crippen LogP contribution is -2.32. The first-order chi connectivity index (χ1) is 10.6. The van der Waals surface area contributed by atoms with Crippen LogP contribution in [0.2, 0.25) is 5.02 Å². The van der Waals surface area contributed by atoms with E-state index in [0.29, 0.717) is 22.1 Å². The lowest BCUT2D eigenvalue weighted by Gasteiger charge is -2.23. The van der Waals surface area contributed by atoms with E-state index in [2.05, 4.69) is 4.99 Å². The lowest BCUT2D eigenvalue weighted by molar-refractivity contribution is -0.114. The first-order valence-electron chi connectivity index (χ1n) is 6.57. The zero-order valence-electron chi connectivity index (χ0n) is 11.5. The Hall–Kier alpha value is -2.79. The Labute approximate surface area is 132 Å². The highest BCUT2D eigenvalue weighted by atomic mass is 35.5. The second-order valence-electron chi connectivity index (χ2n) is 4.69. The van der Waals surface area contributed by atoms with Crippen LogP contribution in [0.25, 0.3) is 0 Å². The van der Waals surface area contributed by atoms with Crippen LogP contribution in [0.4, 0.5) is 17.1 Å². The summed E-state index contributed by atoms with van der Waals surface area (Å²) in [5, 5.41) is 0.501. The van der Waals surface area contributed by atoms with E-state index < -0.39 is 0 Å². The summed E-state index contributed by atoms with van der Waals surface area (Å²) in [4.78, 5) is 18.6. The number of amidine groups is 1. The molecule has 1 aliphatic heterocycles. The van der Waals surface area contributed by atoms with Gasteiger partial charge in [0.15, 0.2) is 0 Å². The smallest absolute Gasteiger partial charge is 0.268 e. The van der Waals surface area contributed by atoms with Crippen molar-refractivity contribution in [1.82, 2.24) is 0 Å². The molecule has 0 aliphatic carbocycles. The topological polar surface area (TPSA) is 84.7 Å². The molecule has 6 heteroatoms. The fraction of sp³-hybridized carbons (Fsp3) is 0. The van der Waals surface area contributed by atoms with Crippen molar-refractivity contribution in [2.75, 3.05) is 4.90 Å². The van der Waals surface area contributed by atoms with Crippen molar-refractivity contribution in [3.8, 4) is 0 Å². The van der Waals surface area contributed by atoms with Crippen molar-refractivity contribution in [2.45, 2.75) is 0 Å². The number of nitrogens with two attached hydrogens (primary N) is 2. The molecule has 0 unspecified atom stereocenters. The first kappa shape index (κ1) is 14.2. The van der Waals surface area contributed by atoms with Gasteiger partial charge in [0.25, 0.3) is 5.91 Å². The van der Waals surface area contributed by atoms with Gasteiger partial charge in [-0.3, -0.25) is 9.69 Å². The number of carbonyl (C=O) groups excluding carboxylic acids is 1. The van der Waals surface area contributed by atoms with Crippen molar-refractivity contribution in [3.05, 3.63) is 65.3 Å². The van der Waals surface area contributed by atoms with Crippen LogP contribution in [0, 0.1) is 0 Å². The van der Waals surface area contributed by atoms with Gasteiger partial charge in [-0.05, 0) is 30.3 Å². The highest BCUT2D eigenvalue weighted by Crippen LogP contribution is 2.39. The van der Waals surface area contributed by atoms with Gasteiger partial charge in [-0.15, -0.1) is 0 Å². The van der Waals surface area contributed by atoms with Gasteiger partial charge < -0.3 is 11.5 Å². The van der Waals surface area contributed by atoms with E-state index in [9.17, 15) is 4.79 Å². The third-order valence-electron chi connectivity index (χ3n) is 3.31. The van der Waals surface area contributed by atoms with Crippen LogP contribution < -0.4 is 16.4 Å². The Bertz CT molecular complexity index is 799. The summed E-state index contributed by atoms with van der Waals surface area (Å²) in [7, 11) is 0. The SMILES string of the molecule is N/C=C1/C(=O)N(c2ccccc2)c2cc(Cl)ccc2N=C1N. The quantitative estimate of drug-likeness (QED) is 0.794. The van der Waals surface area contributed by atoms with Crippen molar-refractivity contribution < 1.29 is 4.79 Å². The molecule has 4 N–H and O–H groups in total. The first-order valence-corrected chi connectivity index (χ1v) is 6.95. The van der Waals surface area contributed by atoms with E-state index in [1.54, 1.807) is 18.2 Å². The Morgan fingerprint density at radius 1 is 1.14 bits per heavy atom. The molecular weight excluding hydrogens is 300 g/mol. The molecule has 0 saturated heterocycles. The number of aliphatic imine (C=N–C) groups is 1. The molecule has 0 radical (unpaired) electrons. The predicted molar refractivity (Wildman–Crippen MR) is 88.6 cm³/mol. The van der Waals surface area contributed by atoms with E-state index >= 15 is 0 Å². The van der Waals surface area contributed by atoms with Crippen LogP contribution in [0.1, 0.15) is 0 Å². The number of para-hydroxylation sites is 1. The summed E-state index contributed by atoms with van der Waals surface area (Å²) in [6.45, 7) is 0. The van der Waals surface area contributed by atoms with Gasteiger partial charge in [0, 0.05) is 16.9 Å². The number of hydrogen-bond acceptors (Lipinski definition) is 4. The van der Waals surface area contributed by atoms with Gasteiger partial charge in [-0.2, -0.15) is 0 Å². The van der Waals surface area contributed by atoms with Crippen molar-refractivity contribution in [1.29, 1.82) is 0 Å². The zero-order chi connectivity index (χ0) is 15.7. The maximum atomic E-state index is 12.8. The minimum absolute atomic E-state index is 0.0782. The van der Waals surface area contributed by atoms with Crippen molar-refractivity contribution in [2.24, 2.45) is 16.5 Å². The summed E-state index contributed by atoms with van der Waals surface area (Å²) >= 11 is 6.08. The van der Waals surface area contributed by atoms with E-state index in [1.807, 2.05) is 30.3 Å². The van der Waals surface area contributed by atoms with Gasteiger partial charge in [-0.25, -0.2) is 4.99 Å². The van der Waals surface area contributed by atoms with Crippen LogP contribution in [0.3, 0.4) is 0 Å². The molecule has 0 fully saturated rings. The van der Waals surface area contributed by atoms with Crippen LogP contribution in [-0.2, 0) is 4.79 Å². The molecule has 0 bridgehead atoms. The highest BCUT2D eigenvalue weighted by molar-refractivity contribution is 6.32. The summed E-state index contributed by atoms with van der Waals surface area (Å²) in [6, 6.07) is 14.3. The predicted octanol–water partition coefficient (Wildman–Crippen LogP) is 2.85.